The van der Waals surface area contributed by atoms with E-state index in [1.807, 2.05) is 25.1 Å². The number of rotatable bonds is 7. The molecule has 0 saturated heterocycles. The average Bonchev–Trinajstić information content (AvgIpc) is 2.63. The van der Waals surface area contributed by atoms with Gasteiger partial charge in [0, 0.05) is 24.0 Å². The van der Waals surface area contributed by atoms with E-state index in [1.54, 1.807) is 11.0 Å². The molecular weight excluding hydrogens is 338 g/mol. The standard InChI is InChI=1S/C20H24ClNO3/c1-4-5-14-12-22(9-8-19(23)24)20(25)18(10-13(2)3)16-7-6-15(21)11-17(14)16/h4,6-7,11,14,18H,1-2,5,8-10,12H2,3H3,(H,23,24). The fourth-order valence-electron chi connectivity index (χ4n) is 3.40. The Bertz CT molecular complexity index is 698. The van der Waals surface area contributed by atoms with E-state index in [4.69, 9.17) is 16.7 Å². The molecule has 1 aliphatic rings. The summed E-state index contributed by atoms with van der Waals surface area (Å²) < 4.78 is 0. The minimum atomic E-state index is -0.908. The Morgan fingerprint density at radius 2 is 2.16 bits per heavy atom. The Kier molecular flexibility index (Phi) is 6.43. The van der Waals surface area contributed by atoms with Gasteiger partial charge in [-0.25, -0.2) is 0 Å². The van der Waals surface area contributed by atoms with Gasteiger partial charge in [-0.3, -0.25) is 9.59 Å². The first-order chi connectivity index (χ1) is 11.8. The molecule has 1 aliphatic heterocycles. The van der Waals surface area contributed by atoms with Crippen molar-refractivity contribution < 1.29 is 14.7 Å². The van der Waals surface area contributed by atoms with Gasteiger partial charge in [-0.15, -0.1) is 13.2 Å². The number of carbonyl (C=O) groups is 2. The van der Waals surface area contributed by atoms with Gasteiger partial charge in [0.2, 0.25) is 5.91 Å². The SMILES string of the molecule is C=CCC1CN(CCC(=O)O)C(=O)C(CC(=C)C)c2ccc(Cl)cc21. The van der Waals surface area contributed by atoms with Crippen LogP contribution in [-0.2, 0) is 9.59 Å². The Morgan fingerprint density at radius 3 is 2.76 bits per heavy atom. The van der Waals surface area contributed by atoms with E-state index in [-0.39, 0.29) is 30.7 Å². The minimum absolute atomic E-state index is 0.0422. The van der Waals surface area contributed by atoms with Crippen LogP contribution in [0.15, 0.2) is 43.0 Å². The van der Waals surface area contributed by atoms with Crippen molar-refractivity contribution in [3.05, 3.63) is 59.2 Å². The topological polar surface area (TPSA) is 57.6 Å². The van der Waals surface area contributed by atoms with Gasteiger partial charge in [-0.05, 0) is 43.0 Å². The van der Waals surface area contributed by atoms with Crippen molar-refractivity contribution in [2.45, 2.75) is 38.0 Å². The molecule has 2 atom stereocenters. The van der Waals surface area contributed by atoms with Crippen LogP contribution in [0.25, 0.3) is 0 Å². The minimum Gasteiger partial charge on any atom is -0.481 e. The average molecular weight is 362 g/mol. The van der Waals surface area contributed by atoms with Crippen molar-refractivity contribution in [2.24, 2.45) is 0 Å². The third-order valence-corrected chi connectivity index (χ3v) is 4.75. The molecule has 0 aliphatic carbocycles. The number of halogens is 1. The van der Waals surface area contributed by atoms with Gasteiger partial charge in [0.15, 0.2) is 0 Å². The van der Waals surface area contributed by atoms with Crippen LogP contribution in [0.4, 0.5) is 0 Å². The van der Waals surface area contributed by atoms with Gasteiger partial charge >= 0.3 is 5.97 Å². The van der Waals surface area contributed by atoms with Crippen LogP contribution >= 0.6 is 11.6 Å². The summed E-state index contributed by atoms with van der Waals surface area (Å²) in [6, 6.07) is 5.64. The number of nitrogens with zero attached hydrogens (tertiary/aromatic N) is 1. The van der Waals surface area contributed by atoms with E-state index in [0.29, 0.717) is 24.4 Å². The van der Waals surface area contributed by atoms with Crippen molar-refractivity contribution in [2.75, 3.05) is 13.1 Å². The molecule has 2 rings (SSSR count). The Hall–Kier alpha value is -2.07. The largest absolute Gasteiger partial charge is 0.481 e. The van der Waals surface area contributed by atoms with Crippen LogP contribution in [0.5, 0.6) is 0 Å². The molecule has 5 heteroatoms. The maximum absolute atomic E-state index is 13.1. The lowest BCUT2D eigenvalue weighted by atomic mass is 9.85. The van der Waals surface area contributed by atoms with Crippen LogP contribution in [0, 0.1) is 0 Å². The molecule has 134 valence electrons. The number of hydrogen-bond donors (Lipinski definition) is 1. The second kappa shape index (κ2) is 8.34. The number of amides is 1. The molecule has 4 nitrogen and oxygen atoms in total. The first-order valence-electron chi connectivity index (χ1n) is 8.38. The quantitative estimate of drug-likeness (QED) is 0.734. The lowest BCUT2D eigenvalue weighted by molar-refractivity contribution is -0.138. The van der Waals surface area contributed by atoms with E-state index in [1.165, 1.54) is 0 Å². The summed E-state index contributed by atoms with van der Waals surface area (Å²) in [7, 11) is 0. The van der Waals surface area contributed by atoms with Crippen LogP contribution in [0.1, 0.15) is 49.1 Å². The molecule has 0 radical (unpaired) electrons. The zero-order valence-electron chi connectivity index (χ0n) is 14.5. The van der Waals surface area contributed by atoms with Gasteiger partial charge < -0.3 is 10.0 Å². The highest BCUT2D eigenvalue weighted by Crippen LogP contribution is 2.38. The number of carbonyl (C=O) groups excluding carboxylic acids is 1. The molecule has 1 N–H and O–H groups in total. The van der Waals surface area contributed by atoms with E-state index in [9.17, 15) is 9.59 Å². The number of allylic oxidation sites excluding steroid dienone is 2. The molecule has 1 amide bonds. The van der Waals surface area contributed by atoms with E-state index in [2.05, 4.69) is 13.2 Å². The van der Waals surface area contributed by atoms with Gasteiger partial charge in [0.1, 0.15) is 0 Å². The molecule has 0 bridgehead atoms. The second-order valence-corrected chi connectivity index (χ2v) is 7.07. The molecule has 0 aromatic heterocycles. The molecule has 25 heavy (non-hydrogen) atoms. The van der Waals surface area contributed by atoms with Crippen molar-refractivity contribution in [3.63, 3.8) is 0 Å². The maximum atomic E-state index is 13.1. The summed E-state index contributed by atoms with van der Waals surface area (Å²) in [4.78, 5) is 25.8. The summed E-state index contributed by atoms with van der Waals surface area (Å²) in [5.74, 6) is -1.25. The van der Waals surface area contributed by atoms with Gasteiger partial charge in [0.25, 0.3) is 0 Å². The highest BCUT2D eigenvalue weighted by molar-refractivity contribution is 6.30. The summed E-state index contributed by atoms with van der Waals surface area (Å²) in [5, 5.41) is 9.64. The predicted molar refractivity (Wildman–Crippen MR) is 100 cm³/mol. The first-order valence-corrected chi connectivity index (χ1v) is 8.76. The molecule has 0 spiro atoms. The first kappa shape index (κ1) is 19.3. The lowest BCUT2D eigenvalue weighted by Crippen LogP contribution is -2.37. The molecule has 1 heterocycles. The highest BCUT2D eigenvalue weighted by atomic mass is 35.5. The summed E-state index contributed by atoms with van der Waals surface area (Å²) in [6.07, 6.45) is 3.00. The third-order valence-electron chi connectivity index (χ3n) is 4.51. The Balaban J connectivity index is 2.49. The van der Waals surface area contributed by atoms with Crippen LogP contribution < -0.4 is 0 Å². The van der Waals surface area contributed by atoms with Crippen molar-refractivity contribution in [1.82, 2.24) is 4.90 Å². The van der Waals surface area contributed by atoms with Crippen molar-refractivity contribution in [3.8, 4) is 0 Å². The molecule has 0 saturated carbocycles. The van der Waals surface area contributed by atoms with E-state index >= 15 is 0 Å². The number of carboxylic acid groups (broad SMARTS) is 1. The lowest BCUT2D eigenvalue weighted by Gasteiger charge is -2.26. The van der Waals surface area contributed by atoms with E-state index < -0.39 is 5.97 Å². The van der Waals surface area contributed by atoms with Gasteiger partial charge in [-0.2, -0.15) is 0 Å². The molecule has 1 aromatic rings. The van der Waals surface area contributed by atoms with Crippen LogP contribution in [0.3, 0.4) is 0 Å². The fraction of sp³-hybridized carbons (Fsp3) is 0.400. The number of carboxylic acids is 1. The van der Waals surface area contributed by atoms with Crippen molar-refractivity contribution >= 4 is 23.5 Å². The van der Waals surface area contributed by atoms with Gasteiger partial charge in [0.05, 0.1) is 12.3 Å². The summed E-state index contributed by atoms with van der Waals surface area (Å²) in [6.45, 7) is 10.3. The Labute approximate surface area is 153 Å². The predicted octanol–water partition coefficient (Wildman–Crippen LogP) is 4.37. The second-order valence-electron chi connectivity index (χ2n) is 6.64. The number of hydrogen-bond acceptors (Lipinski definition) is 2. The zero-order valence-corrected chi connectivity index (χ0v) is 15.3. The maximum Gasteiger partial charge on any atom is 0.305 e. The van der Waals surface area contributed by atoms with Gasteiger partial charge in [-0.1, -0.05) is 29.3 Å². The van der Waals surface area contributed by atoms with Crippen molar-refractivity contribution in [1.29, 1.82) is 0 Å². The molecular formula is C20H24ClNO3. The number of benzene rings is 1. The normalized spacial score (nSPS) is 19.9. The smallest absolute Gasteiger partial charge is 0.305 e. The third kappa shape index (κ3) is 4.73. The zero-order chi connectivity index (χ0) is 18.6. The molecule has 2 unspecified atom stereocenters. The monoisotopic (exact) mass is 361 g/mol. The van der Waals surface area contributed by atoms with Crippen LogP contribution in [-0.4, -0.2) is 35.0 Å². The van der Waals surface area contributed by atoms with E-state index in [0.717, 1.165) is 16.7 Å². The highest BCUT2D eigenvalue weighted by Gasteiger charge is 2.34. The summed E-state index contributed by atoms with van der Waals surface area (Å²) in [5.41, 5.74) is 2.92. The molecule has 1 aromatic carbocycles. The number of aliphatic carboxylic acids is 1. The molecule has 0 fully saturated rings. The Morgan fingerprint density at radius 1 is 1.44 bits per heavy atom. The fourth-order valence-corrected chi connectivity index (χ4v) is 3.59. The van der Waals surface area contributed by atoms with Crippen LogP contribution in [0.2, 0.25) is 5.02 Å². The number of fused-ring (bicyclic) bond motifs is 1. The summed E-state index contributed by atoms with van der Waals surface area (Å²) >= 11 is 6.20.